The van der Waals surface area contributed by atoms with Gasteiger partial charge in [0.1, 0.15) is 6.04 Å². The minimum atomic E-state index is -0.646. The lowest BCUT2D eigenvalue weighted by Gasteiger charge is -2.22. The predicted octanol–water partition coefficient (Wildman–Crippen LogP) is 1.14. The second-order valence-electron chi connectivity index (χ2n) is 5.31. The highest BCUT2D eigenvalue weighted by Crippen LogP contribution is 2.20. The SMILES string of the molecule is COC(=O)C1CC(O)CN1C(=O)CCCc1ccccc1. The van der Waals surface area contributed by atoms with E-state index in [0.29, 0.717) is 6.42 Å². The van der Waals surface area contributed by atoms with E-state index in [2.05, 4.69) is 0 Å². The standard InChI is InChI=1S/C16H21NO4/c1-21-16(20)14-10-13(18)11-17(14)15(19)9-5-8-12-6-3-2-4-7-12/h2-4,6-7,13-14,18H,5,8-11H2,1H3. The Morgan fingerprint density at radius 1 is 1.33 bits per heavy atom. The quantitative estimate of drug-likeness (QED) is 0.826. The molecule has 1 amide bonds. The Kier molecular flexibility index (Phi) is 5.33. The number of carbonyl (C=O) groups excluding carboxylic acids is 2. The molecule has 114 valence electrons. The summed E-state index contributed by atoms with van der Waals surface area (Å²) >= 11 is 0. The number of likely N-dealkylation sites (tertiary alicyclic amines) is 1. The van der Waals surface area contributed by atoms with Gasteiger partial charge in [-0.3, -0.25) is 4.79 Å². The van der Waals surface area contributed by atoms with Crippen molar-refractivity contribution in [1.29, 1.82) is 0 Å². The van der Waals surface area contributed by atoms with Crippen LogP contribution in [0.4, 0.5) is 0 Å². The normalized spacial score (nSPS) is 21.3. The van der Waals surface area contributed by atoms with Gasteiger partial charge in [0.05, 0.1) is 13.2 Å². The minimum absolute atomic E-state index is 0.0992. The first kappa shape index (κ1) is 15.5. The lowest BCUT2D eigenvalue weighted by atomic mass is 10.1. The van der Waals surface area contributed by atoms with Crippen molar-refractivity contribution in [1.82, 2.24) is 4.90 Å². The number of ether oxygens (including phenoxy) is 1. The van der Waals surface area contributed by atoms with E-state index in [1.165, 1.54) is 17.6 Å². The van der Waals surface area contributed by atoms with Gasteiger partial charge >= 0.3 is 5.97 Å². The van der Waals surface area contributed by atoms with Gasteiger partial charge in [0, 0.05) is 19.4 Å². The molecular weight excluding hydrogens is 270 g/mol. The summed E-state index contributed by atoms with van der Waals surface area (Å²) in [7, 11) is 1.30. The Balaban J connectivity index is 1.85. The number of nitrogens with zero attached hydrogens (tertiary/aromatic N) is 1. The van der Waals surface area contributed by atoms with Crippen molar-refractivity contribution >= 4 is 11.9 Å². The van der Waals surface area contributed by atoms with Crippen LogP contribution in [0, 0.1) is 0 Å². The van der Waals surface area contributed by atoms with E-state index in [4.69, 9.17) is 4.74 Å². The zero-order valence-electron chi connectivity index (χ0n) is 12.2. The number of hydrogen-bond donors (Lipinski definition) is 1. The maximum atomic E-state index is 12.2. The summed E-state index contributed by atoms with van der Waals surface area (Å²) in [6.45, 7) is 0.212. The summed E-state index contributed by atoms with van der Waals surface area (Å²) in [5.74, 6) is -0.555. The summed E-state index contributed by atoms with van der Waals surface area (Å²) in [5, 5.41) is 9.67. The minimum Gasteiger partial charge on any atom is -0.467 e. The molecule has 0 spiro atoms. The Bertz CT molecular complexity index is 488. The Hall–Kier alpha value is -1.88. The van der Waals surface area contributed by atoms with Crippen LogP contribution in [0.5, 0.6) is 0 Å². The van der Waals surface area contributed by atoms with Crippen LogP contribution in [-0.4, -0.2) is 47.7 Å². The molecule has 5 heteroatoms. The first-order chi connectivity index (χ1) is 10.1. The number of amides is 1. The molecule has 1 aliphatic rings. The molecule has 5 nitrogen and oxygen atoms in total. The smallest absolute Gasteiger partial charge is 0.328 e. The van der Waals surface area contributed by atoms with E-state index in [0.717, 1.165) is 12.8 Å². The van der Waals surface area contributed by atoms with Gasteiger partial charge in [-0.1, -0.05) is 30.3 Å². The molecule has 2 atom stereocenters. The van der Waals surface area contributed by atoms with Gasteiger partial charge in [0.2, 0.25) is 5.91 Å². The summed E-state index contributed by atoms with van der Waals surface area (Å²) in [6, 6.07) is 9.32. The van der Waals surface area contributed by atoms with Crippen molar-refractivity contribution in [2.75, 3.05) is 13.7 Å². The fraction of sp³-hybridized carbons (Fsp3) is 0.500. The van der Waals surface area contributed by atoms with Crippen molar-refractivity contribution < 1.29 is 19.4 Å². The van der Waals surface area contributed by atoms with Gasteiger partial charge < -0.3 is 14.7 Å². The van der Waals surface area contributed by atoms with E-state index in [1.807, 2.05) is 30.3 Å². The molecule has 1 heterocycles. The Morgan fingerprint density at radius 2 is 2.05 bits per heavy atom. The maximum Gasteiger partial charge on any atom is 0.328 e. The monoisotopic (exact) mass is 291 g/mol. The van der Waals surface area contributed by atoms with Gasteiger partial charge in [-0.25, -0.2) is 4.79 Å². The highest BCUT2D eigenvalue weighted by atomic mass is 16.5. The molecule has 0 bridgehead atoms. The van der Waals surface area contributed by atoms with Crippen molar-refractivity contribution in [3.05, 3.63) is 35.9 Å². The predicted molar refractivity (Wildman–Crippen MR) is 77.5 cm³/mol. The lowest BCUT2D eigenvalue weighted by Crippen LogP contribution is -2.41. The maximum absolute atomic E-state index is 12.2. The van der Waals surface area contributed by atoms with Crippen LogP contribution in [0.25, 0.3) is 0 Å². The topological polar surface area (TPSA) is 66.8 Å². The van der Waals surface area contributed by atoms with Gasteiger partial charge in [-0.15, -0.1) is 0 Å². The third kappa shape index (κ3) is 4.04. The fourth-order valence-corrected chi connectivity index (χ4v) is 2.68. The highest BCUT2D eigenvalue weighted by molar-refractivity contribution is 5.85. The highest BCUT2D eigenvalue weighted by Gasteiger charge is 2.39. The third-order valence-electron chi connectivity index (χ3n) is 3.77. The average Bonchev–Trinajstić information content (AvgIpc) is 2.89. The molecule has 1 fully saturated rings. The van der Waals surface area contributed by atoms with E-state index in [9.17, 15) is 14.7 Å². The van der Waals surface area contributed by atoms with Gasteiger partial charge in [0.25, 0.3) is 0 Å². The molecule has 0 saturated carbocycles. The Morgan fingerprint density at radius 3 is 2.71 bits per heavy atom. The molecule has 1 saturated heterocycles. The average molecular weight is 291 g/mol. The number of aliphatic hydroxyl groups is 1. The van der Waals surface area contributed by atoms with Crippen molar-refractivity contribution in [2.45, 2.75) is 37.8 Å². The van der Waals surface area contributed by atoms with Crippen LogP contribution in [0.3, 0.4) is 0 Å². The van der Waals surface area contributed by atoms with Gasteiger partial charge in [-0.05, 0) is 18.4 Å². The van der Waals surface area contributed by atoms with Crippen LogP contribution in [-0.2, 0) is 20.7 Å². The molecule has 2 rings (SSSR count). The van der Waals surface area contributed by atoms with Crippen molar-refractivity contribution in [3.8, 4) is 0 Å². The first-order valence-corrected chi connectivity index (χ1v) is 7.21. The number of rotatable bonds is 5. The van der Waals surface area contributed by atoms with Crippen LogP contribution in [0.1, 0.15) is 24.8 Å². The number of esters is 1. The first-order valence-electron chi connectivity index (χ1n) is 7.21. The second kappa shape index (κ2) is 7.22. The van der Waals surface area contributed by atoms with Gasteiger partial charge in [-0.2, -0.15) is 0 Å². The zero-order valence-corrected chi connectivity index (χ0v) is 12.2. The molecule has 21 heavy (non-hydrogen) atoms. The number of aryl methyl sites for hydroxylation is 1. The molecule has 2 unspecified atom stereocenters. The Labute approximate surface area is 124 Å². The zero-order chi connectivity index (χ0) is 15.2. The summed E-state index contributed by atoms with van der Waals surface area (Å²) < 4.78 is 4.69. The number of aliphatic hydroxyl groups excluding tert-OH is 1. The number of methoxy groups -OCH3 is 1. The van der Waals surface area contributed by atoms with Crippen LogP contribution < -0.4 is 0 Å². The van der Waals surface area contributed by atoms with Crippen LogP contribution in [0.2, 0.25) is 0 Å². The summed E-state index contributed by atoms with van der Waals surface area (Å²) in [4.78, 5) is 25.3. The molecular formula is C16H21NO4. The van der Waals surface area contributed by atoms with E-state index in [-0.39, 0.29) is 18.9 Å². The number of β-amino-alcohol motifs (C(OH)–C–C–N with tert-alkyl or cyclic N) is 1. The lowest BCUT2D eigenvalue weighted by molar-refractivity contribution is -0.151. The molecule has 1 aromatic carbocycles. The number of hydrogen-bond acceptors (Lipinski definition) is 4. The molecule has 0 aromatic heterocycles. The second-order valence-corrected chi connectivity index (χ2v) is 5.31. The number of carbonyl (C=O) groups is 2. The fourth-order valence-electron chi connectivity index (χ4n) is 2.68. The third-order valence-corrected chi connectivity index (χ3v) is 3.77. The van der Waals surface area contributed by atoms with Gasteiger partial charge in [0.15, 0.2) is 0 Å². The molecule has 1 aromatic rings. The van der Waals surface area contributed by atoms with Crippen LogP contribution >= 0.6 is 0 Å². The van der Waals surface area contributed by atoms with E-state index < -0.39 is 18.1 Å². The molecule has 0 aliphatic carbocycles. The summed E-state index contributed by atoms with van der Waals surface area (Å²) in [6.07, 6.45) is 1.54. The molecule has 1 N–H and O–H groups in total. The van der Waals surface area contributed by atoms with Crippen molar-refractivity contribution in [3.63, 3.8) is 0 Å². The molecule has 1 aliphatic heterocycles. The van der Waals surface area contributed by atoms with Crippen molar-refractivity contribution in [2.24, 2.45) is 0 Å². The number of benzene rings is 1. The molecule has 0 radical (unpaired) electrons. The largest absolute Gasteiger partial charge is 0.467 e. The van der Waals surface area contributed by atoms with E-state index >= 15 is 0 Å². The van der Waals surface area contributed by atoms with Crippen LogP contribution in [0.15, 0.2) is 30.3 Å². The van der Waals surface area contributed by atoms with E-state index in [1.54, 1.807) is 0 Å². The summed E-state index contributed by atoms with van der Waals surface area (Å²) in [5.41, 5.74) is 1.19.